The van der Waals surface area contributed by atoms with Gasteiger partial charge in [-0.3, -0.25) is 33.8 Å². The number of carbonyl (C=O) groups is 7. The number of ketones is 1. The number of H-pyrrole nitrogens is 1. The lowest BCUT2D eigenvalue weighted by atomic mass is 9.92. The first-order valence-electron chi connectivity index (χ1n) is 27.8. The fourth-order valence-corrected chi connectivity index (χ4v) is 10.7. The van der Waals surface area contributed by atoms with Crippen molar-refractivity contribution in [3.05, 3.63) is 168 Å². The molecule has 424 valence electrons. The van der Waals surface area contributed by atoms with Crippen LogP contribution in [-0.2, 0) is 65.8 Å². The van der Waals surface area contributed by atoms with E-state index in [0.29, 0.717) is 56.1 Å². The minimum absolute atomic E-state index is 0.0369. The largest absolute Gasteiger partial charge is 0.489 e. The van der Waals surface area contributed by atoms with Crippen molar-refractivity contribution in [2.24, 2.45) is 11.7 Å². The van der Waals surface area contributed by atoms with Crippen molar-refractivity contribution in [1.82, 2.24) is 51.7 Å². The van der Waals surface area contributed by atoms with Crippen LogP contribution in [0.15, 0.2) is 140 Å². The van der Waals surface area contributed by atoms with Crippen molar-refractivity contribution < 1.29 is 43.0 Å². The number of aromatic amines is 1. The number of carbonyl (C=O) groups excluding carboxylic acids is 7. The van der Waals surface area contributed by atoms with Crippen LogP contribution in [0.1, 0.15) is 47.1 Å². The van der Waals surface area contributed by atoms with E-state index in [9.17, 15) is 4.79 Å². The van der Waals surface area contributed by atoms with Crippen LogP contribution in [0.25, 0.3) is 10.9 Å². The summed E-state index contributed by atoms with van der Waals surface area (Å²) in [6, 6.07) is 31.0. The molecule has 3 aliphatic rings. The zero-order chi connectivity index (χ0) is 56.5. The maximum absolute atomic E-state index is 15.4. The van der Waals surface area contributed by atoms with Crippen molar-refractivity contribution in [1.29, 1.82) is 0 Å². The molecule has 0 spiro atoms. The van der Waals surface area contributed by atoms with Gasteiger partial charge in [0, 0.05) is 107 Å². The Morgan fingerprint density at radius 3 is 2.09 bits per heavy atom. The summed E-state index contributed by atoms with van der Waals surface area (Å²) in [6.45, 7) is 3.00. The number of hydrogen-bond donors (Lipinski definition) is 8. The normalized spacial score (nSPS) is 22.6. The predicted molar refractivity (Wildman–Crippen MR) is 303 cm³/mol. The molecule has 0 radical (unpaired) electrons. The fraction of sp³-hybridized carbons (Fsp3) is 0.377. The van der Waals surface area contributed by atoms with Gasteiger partial charge in [0.2, 0.25) is 29.5 Å². The summed E-state index contributed by atoms with van der Waals surface area (Å²) in [5.74, 6) is -4.18. The lowest BCUT2D eigenvalue weighted by Crippen LogP contribution is -2.60. The highest BCUT2D eigenvalue weighted by Crippen LogP contribution is 2.26. The third kappa shape index (κ3) is 15.9. The topological polar surface area (TPSA) is 271 Å². The number of nitrogens with zero attached hydrogens (tertiary/aromatic N) is 3. The van der Waals surface area contributed by atoms with Crippen LogP contribution >= 0.6 is 0 Å². The van der Waals surface area contributed by atoms with Crippen molar-refractivity contribution in [2.75, 3.05) is 52.4 Å². The van der Waals surface area contributed by atoms with E-state index in [0.717, 1.165) is 27.6 Å². The molecule has 3 saturated heterocycles. The van der Waals surface area contributed by atoms with Crippen LogP contribution in [0, 0.1) is 5.92 Å². The number of nitrogens with one attached hydrogen (secondary N) is 7. The molecule has 81 heavy (non-hydrogen) atoms. The second kappa shape index (κ2) is 28.1. The van der Waals surface area contributed by atoms with Crippen LogP contribution < -0.4 is 42.4 Å². The number of para-hydroxylation sites is 1. The summed E-state index contributed by atoms with van der Waals surface area (Å²) in [7, 11) is 0. The second-order valence-corrected chi connectivity index (χ2v) is 20.9. The summed E-state index contributed by atoms with van der Waals surface area (Å²) >= 11 is 0. The molecule has 9 rings (SSSR count). The highest BCUT2D eigenvalue weighted by Gasteiger charge is 2.45. The first kappa shape index (κ1) is 57.2. The zero-order valence-corrected chi connectivity index (χ0v) is 45.2. The number of aryl methyl sites for hydroxylation is 1. The monoisotopic (exact) mass is 1100 g/mol. The molecule has 0 unspecified atom stereocenters. The summed E-state index contributed by atoms with van der Waals surface area (Å²) in [5, 5.41) is 18.7. The number of fused-ring (bicyclic) bond motifs is 2. The van der Waals surface area contributed by atoms with E-state index in [4.69, 9.17) is 15.2 Å². The molecule has 2 aromatic heterocycles. The number of ether oxygens (including phenoxy) is 2. The van der Waals surface area contributed by atoms with E-state index in [1.165, 1.54) is 4.90 Å². The van der Waals surface area contributed by atoms with Crippen LogP contribution in [0.2, 0.25) is 0 Å². The minimum Gasteiger partial charge on any atom is -0.489 e. The maximum atomic E-state index is 15.4. The predicted octanol–water partition coefficient (Wildman–Crippen LogP) is 2.89. The van der Waals surface area contributed by atoms with E-state index in [-0.39, 0.29) is 64.7 Å². The molecule has 20 heteroatoms. The zero-order valence-electron chi connectivity index (χ0n) is 45.2. The molecule has 0 aliphatic carbocycles. The van der Waals surface area contributed by atoms with Crippen LogP contribution in [0.5, 0.6) is 5.75 Å². The molecule has 7 atom stereocenters. The van der Waals surface area contributed by atoms with Crippen molar-refractivity contribution in [3.8, 4) is 5.75 Å². The summed E-state index contributed by atoms with van der Waals surface area (Å²) in [5.41, 5.74) is 10.3. The Morgan fingerprint density at radius 1 is 0.679 bits per heavy atom. The number of aromatic nitrogens is 2. The summed E-state index contributed by atoms with van der Waals surface area (Å²) in [6.07, 6.45) is 3.02. The SMILES string of the molecule is NCCNC(=O)O[C@@H]1C[C@H]2C(=O)N[C@@H](CCc3ccccc3)C(=O)N[C@@H](Cc3c[nH]c4ccccc34)C(=O)C[C@@H](CN3CCNCC3)C(=O)N[C@@H](Cc3ccc(OCc4ccccc4)cc3)C(=O)N[C@@H](Cc3cccnc3)C(=O)N2C1. The maximum Gasteiger partial charge on any atom is 0.407 e. The van der Waals surface area contributed by atoms with Crippen molar-refractivity contribution in [2.45, 2.75) is 87.9 Å². The number of alkyl carbamates (subject to hydrolysis) is 1. The number of Topliss-reactive ketones (excluding diaryl/α,β-unsaturated/α-hetero) is 1. The molecule has 3 fully saturated rings. The molecular weight excluding hydrogens is 1030 g/mol. The van der Waals surface area contributed by atoms with Gasteiger partial charge in [-0.1, -0.05) is 97.1 Å². The Kier molecular flexibility index (Phi) is 19.9. The van der Waals surface area contributed by atoms with E-state index in [2.05, 4.69) is 46.8 Å². The molecule has 9 N–H and O–H groups in total. The van der Waals surface area contributed by atoms with Gasteiger partial charge in [-0.05, 0) is 64.9 Å². The van der Waals surface area contributed by atoms with Gasteiger partial charge in [-0.2, -0.15) is 0 Å². The van der Waals surface area contributed by atoms with Gasteiger partial charge >= 0.3 is 6.09 Å². The second-order valence-electron chi connectivity index (χ2n) is 20.9. The van der Waals surface area contributed by atoms with Gasteiger partial charge in [0.15, 0.2) is 5.78 Å². The van der Waals surface area contributed by atoms with Gasteiger partial charge in [0.05, 0.1) is 18.5 Å². The Balaban J connectivity index is 1.10. The smallest absolute Gasteiger partial charge is 0.407 e. The van der Waals surface area contributed by atoms with Gasteiger partial charge in [0.1, 0.15) is 42.6 Å². The van der Waals surface area contributed by atoms with Crippen LogP contribution in [0.3, 0.4) is 0 Å². The van der Waals surface area contributed by atoms with Gasteiger partial charge in [-0.15, -0.1) is 0 Å². The quantitative estimate of drug-likeness (QED) is 0.0654. The molecule has 4 aromatic carbocycles. The third-order valence-corrected chi connectivity index (χ3v) is 15.1. The molecule has 5 heterocycles. The molecular formula is C61H71N11O9. The third-order valence-electron chi connectivity index (χ3n) is 15.1. The first-order valence-corrected chi connectivity index (χ1v) is 27.8. The van der Waals surface area contributed by atoms with Crippen LogP contribution in [0.4, 0.5) is 4.79 Å². The van der Waals surface area contributed by atoms with E-state index in [1.807, 2.05) is 84.9 Å². The molecule has 3 aliphatic heterocycles. The molecule has 6 amide bonds. The van der Waals surface area contributed by atoms with Crippen LogP contribution in [-0.4, -0.2) is 150 Å². The summed E-state index contributed by atoms with van der Waals surface area (Å²) < 4.78 is 11.8. The lowest BCUT2D eigenvalue weighted by Gasteiger charge is -2.33. The molecule has 0 bridgehead atoms. The Morgan fingerprint density at radius 2 is 1.35 bits per heavy atom. The minimum atomic E-state index is -1.35. The number of piperazine rings is 1. The van der Waals surface area contributed by atoms with E-state index in [1.54, 1.807) is 55.0 Å². The number of amides is 6. The number of hydrogen-bond acceptors (Lipinski definition) is 13. The van der Waals surface area contributed by atoms with E-state index >= 15 is 28.8 Å². The first-order chi connectivity index (χ1) is 39.5. The summed E-state index contributed by atoms with van der Waals surface area (Å²) in [4.78, 5) is 115. The number of rotatable bonds is 17. The van der Waals surface area contributed by atoms with Gasteiger partial charge < -0.3 is 61.9 Å². The Labute approximate surface area is 470 Å². The molecule has 20 nitrogen and oxygen atoms in total. The fourth-order valence-electron chi connectivity index (χ4n) is 10.7. The van der Waals surface area contributed by atoms with Gasteiger partial charge in [0.25, 0.3) is 0 Å². The number of pyridine rings is 1. The lowest BCUT2D eigenvalue weighted by molar-refractivity contribution is -0.143. The number of benzene rings is 4. The van der Waals surface area contributed by atoms with E-state index < -0.39 is 83.6 Å². The Hall–Kier alpha value is -8.46. The van der Waals surface area contributed by atoms with Crippen molar-refractivity contribution >= 4 is 52.3 Å². The molecule has 6 aromatic rings. The molecule has 0 saturated carbocycles. The number of nitrogens with two attached hydrogens (primary N) is 1. The average Bonchev–Trinajstić information content (AvgIpc) is 4.11. The standard InChI is InChI=1S/C61H71N11O9/c62-23-25-65-61(79)81-47-34-54-59(77)67-50(22-19-40-10-3-1-4-11-40)57(75)68-51(32-44-36-66-49-16-8-7-15-48(44)49)55(73)33-45(37-71-28-26-63-27-29-71)56(74)69-52(30-41-17-20-46(21-18-41)80-39-42-12-5-2-6-13-42)58(76)70-53(60(78)72(54)38-47)31-43-14-9-24-64-35-43/h1-18,20-21,24,35-36,45,47,50-54,63,66H,19,22-23,25-34,37-39,62H2,(H,65,79)(H,67,77)(H,68,75)(H,69,74)(H,70,76)/t45-,47+,50-,51-,52-,53-,54-/m0/s1. The van der Waals surface area contributed by atoms with Gasteiger partial charge in [-0.25, -0.2) is 4.79 Å². The highest BCUT2D eigenvalue weighted by atomic mass is 16.6. The Bertz CT molecular complexity index is 3090. The average molecular weight is 1100 g/mol. The van der Waals surface area contributed by atoms with Crippen molar-refractivity contribution in [3.63, 3.8) is 0 Å². The highest BCUT2D eigenvalue weighted by molar-refractivity contribution is 5.99.